The first-order valence-corrected chi connectivity index (χ1v) is 4.80. The van der Waals surface area contributed by atoms with E-state index in [0.717, 1.165) is 18.9 Å². The van der Waals surface area contributed by atoms with E-state index >= 15 is 0 Å². The molecule has 2 heterocycles. The lowest BCUT2D eigenvalue weighted by Crippen LogP contribution is -2.38. The fraction of sp³-hybridized carbons (Fsp3) is 0.667. The second-order valence-electron chi connectivity index (χ2n) is 3.39. The van der Waals surface area contributed by atoms with Crippen LogP contribution in [0.4, 0.5) is 0 Å². The van der Waals surface area contributed by atoms with Crippen molar-refractivity contribution >= 4 is 0 Å². The van der Waals surface area contributed by atoms with Gasteiger partial charge >= 0.3 is 0 Å². The second kappa shape index (κ2) is 4.28. The maximum absolute atomic E-state index is 5.53. The summed E-state index contributed by atoms with van der Waals surface area (Å²) in [5.74, 6) is 0.826. The molecule has 1 aromatic heterocycles. The van der Waals surface area contributed by atoms with Crippen LogP contribution in [0, 0.1) is 0 Å². The van der Waals surface area contributed by atoms with E-state index in [-0.39, 0.29) is 0 Å². The van der Waals surface area contributed by atoms with Crippen molar-refractivity contribution in [3.8, 4) is 5.75 Å². The van der Waals surface area contributed by atoms with Gasteiger partial charge in [-0.15, -0.1) is 0 Å². The van der Waals surface area contributed by atoms with Crippen molar-refractivity contribution in [1.29, 1.82) is 0 Å². The van der Waals surface area contributed by atoms with Crippen LogP contribution < -0.4 is 10.1 Å². The highest BCUT2D eigenvalue weighted by Crippen LogP contribution is 2.10. The first kappa shape index (κ1) is 8.56. The molecule has 1 atom stereocenters. The lowest BCUT2D eigenvalue weighted by molar-refractivity contribution is 0.239. The Morgan fingerprint density at radius 1 is 1.54 bits per heavy atom. The predicted octanol–water partition coefficient (Wildman–Crippen LogP) is 0.931. The number of rotatable bonds is 3. The fourth-order valence-corrected chi connectivity index (χ4v) is 1.58. The van der Waals surface area contributed by atoms with E-state index in [0.29, 0.717) is 6.04 Å². The van der Waals surface area contributed by atoms with E-state index < -0.39 is 0 Å². The maximum Gasteiger partial charge on any atom is 0.156 e. The number of piperidine rings is 1. The SMILES string of the molecule is c1n[nH]cc1OCC1CCCCN1. The molecule has 1 fully saturated rings. The summed E-state index contributed by atoms with van der Waals surface area (Å²) >= 11 is 0. The molecule has 2 N–H and O–H groups in total. The van der Waals surface area contributed by atoms with E-state index in [2.05, 4.69) is 15.5 Å². The number of hydrogen-bond donors (Lipinski definition) is 2. The number of nitrogens with one attached hydrogen (secondary N) is 2. The molecule has 1 aliphatic heterocycles. The summed E-state index contributed by atoms with van der Waals surface area (Å²) < 4.78 is 5.53. The molecular weight excluding hydrogens is 166 g/mol. The van der Waals surface area contributed by atoms with Gasteiger partial charge in [0.2, 0.25) is 0 Å². The van der Waals surface area contributed by atoms with Crippen molar-refractivity contribution < 1.29 is 4.74 Å². The molecule has 1 unspecified atom stereocenters. The first-order chi connectivity index (χ1) is 6.45. The minimum atomic E-state index is 0.517. The zero-order valence-corrected chi connectivity index (χ0v) is 7.62. The average molecular weight is 181 g/mol. The highest BCUT2D eigenvalue weighted by molar-refractivity contribution is 5.10. The Labute approximate surface area is 77.7 Å². The van der Waals surface area contributed by atoms with E-state index in [1.807, 2.05) is 0 Å². The van der Waals surface area contributed by atoms with Crippen LogP contribution in [-0.2, 0) is 0 Å². The third kappa shape index (κ3) is 2.45. The lowest BCUT2D eigenvalue weighted by atomic mass is 10.1. The van der Waals surface area contributed by atoms with Crippen LogP contribution in [0.1, 0.15) is 19.3 Å². The van der Waals surface area contributed by atoms with Crippen molar-refractivity contribution in [2.45, 2.75) is 25.3 Å². The Morgan fingerprint density at radius 2 is 2.54 bits per heavy atom. The van der Waals surface area contributed by atoms with Gasteiger partial charge in [-0.1, -0.05) is 6.42 Å². The highest BCUT2D eigenvalue weighted by Gasteiger charge is 2.12. The monoisotopic (exact) mass is 181 g/mol. The number of ether oxygens (including phenoxy) is 1. The van der Waals surface area contributed by atoms with E-state index in [1.165, 1.54) is 19.3 Å². The van der Waals surface area contributed by atoms with Gasteiger partial charge in [0.1, 0.15) is 6.61 Å². The van der Waals surface area contributed by atoms with E-state index in [1.54, 1.807) is 12.4 Å². The number of nitrogens with zero attached hydrogens (tertiary/aromatic N) is 1. The standard InChI is InChI=1S/C9H15N3O/c1-2-4-10-8(3-1)7-13-9-5-11-12-6-9/h5-6,8,10H,1-4,7H2,(H,11,12). The number of hydrogen-bond acceptors (Lipinski definition) is 3. The Balaban J connectivity index is 1.72. The highest BCUT2D eigenvalue weighted by atomic mass is 16.5. The Bertz CT molecular complexity index is 229. The van der Waals surface area contributed by atoms with Crippen LogP contribution in [0.3, 0.4) is 0 Å². The van der Waals surface area contributed by atoms with Gasteiger partial charge < -0.3 is 10.1 Å². The van der Waals surface area contributed by atoms with Crippen molar-refractivity contribution in [3.05, 3.63) is 12.4 Å². The van der Waals surface area contributed by atoms with E-state index in [9.17, 15) is 0 Å². The van der Waals surface area contributed by atoms with E-state index in [4.69, 9.17) is 4.74 Å². The quantitative estimate of drug-likeness (QED) is 0.729. The summed E-state index contributed by atoms with van der Waals surface area (Å²) in [6.45, 7) is 1.87. The molecule has 4 nitrogen and oxygen atoms in total. The van der Waals surface area contributed by atoms with Crippen LogP contribution in [0.5, 0.6) is 5.75 Å². The summed E-state index contributed by atoms with van der Waals surface area (Å²) in [5.41, 5.74) is 0. The average Bonchev–Trinajstić information content (AvgIpc) is 2.69. The Kier molecular flexibility index (Phi) is 2.82. The van der Waals surface area contributed by atoms with Crippen molar-refractivity contribution in [1.82, 2.24) is 15.5 Å². The zero-order chi connectivity index (χ0) is 8.93. The van der Waals surface area contributed by atoms with Crippen LogP contribution in [-0.4, -0.2) is 29.4 Å². The summed E-state index contributed by atoms with van der Waals surface area (Å²) in [4.78, 5) is 0. The lowest BCUT2D eigenvalue weighted by Gasteiger charge is -2.22. The van der Waals surface area contributed by atoms with Gasteiger partial charge in [0.15, 0.2) is 5.75 Å². The maximum atomic E-state index is 5.53. The summed E-state index contributed by atoms with van der Waals surface area (Å²) in [5, 5.41) is 9.96. The zero-order valence-electron chi connectivity index (χ0n) is 7.62. The van der Waals surface area contributed by atoms with Gasteiger partial charge in [0.25, 0.3) is 0 Å². The number of aromatic nitrogens is 2. The van der Waals surface area contributed by atoms with Crippen molar-refractivity contribution in [3.63, 3.8) is 0 Å². The molecule has 0 saturated carbocycles. The van der Waals surface area contributed by atoms with Gasteiger partial charge in [-0.3, -0.25) is 5.10 Å². The second-order valence-corrected chi connectivity index (χ2v) is 3.39. The molecule has 0 amide bonds. The summed E-state index contributed by atoms with van der Waals surface area (Å²) in [7, 11) is 0. The summed E-state index contributed by atoms with van der Waals surface area (Å²) in [6.07, 6.45) is 7.29. The van der Waals surface area contributed by atoms with Gasteiger partial charge in [-0.2, -0.15) is 5.10 Å². The Hall–Kier alpha value is -1.03. The van der Waals surface area contributed by atoms with Crippen LogP contribution >= 0.6 is 0 Å². The molecule has 2 rings (SSSR count). The molecule has 13 heavy (non-hydrogen) atoms. The molecular formula is C9H15N3O. The molecule has 0 radical (unpaired) electrons. The summed E-state index contributed by atoms with van der Waals surface area (Å²) in [6, 6.07) is 0.517. The van der Waals surface area contributed by atoms with Crippen LogP contribution in [0.25, 0.3) is 0 Å². The normalized spacial score (nSPS) is 22.9. The molecule has 0 aliphatic carbocycles. The van der Waals surface area contributed by atoms with Gasteiger partial charge in [0, 0.05) is 6.04 Å². The van der Waals surface area contributed by atoms with Crippen molar-refractivity contribution in [2.24, 2.45) is 0 Å². The fourth-order valence-electron chi connectivity index (χ4n) is 1.58. The van der Waals surface area contributed by atoms with Gasteiger partial charge in [-0.25, -0.2) is 0 Å². The molecule has 0 bridgehead atoms. The minimum Gasteiger partial charge on any atom is -0.489 e. The third-order valence-corrected chi connectivity index (χ3v) is 2.34. The predicted molar refractivity (Wildman–Crippen MR) is 49.7 cm³/mol. The molecule has 0 aromatic carbocycles. The largest absolute Gasteiger partial charge is 0.489 e. The topological polar surface area (TPSA) is 49.9 Å². The third-order valence-electron chi connectivity index (χ3n) is 2.34. The molecule has 72 valence electrons. The smallest absolute Gasteiger partial charge is 0.156 e. The molecule has 1 aliphatic rings. The van der Waals surface area contributed by atoms with Gasteiger partial charge in [0.05, 0.1) is 12.4 Å². The Morgan fingerprint density at radius 3 is 3.23 bits per heavy atom. The molecule has 0 spiro atoms. The number of H-pyrrole nitrogens is 1. The molecule has 4 heteroatoms. The van der Waals surface area contributed by atoms with Gasteiger partial charge in [-0.05, 0) is 19.4 Å². The minimum absolute atomic E-state index is 0.517. The molecule has 1 aromatic rings. The first-order valence-electron chi connectivity index (χ1n) is 4.80. The van der Waals surface area contributed by atoms with Crippen LogP contribution in [0.2, 0.25) is 0 Å². The number of aromatic amines is 1. The van der Waals surface area contributed by atoms with Crippen LogP contribution in [0.15, 0.2) is 12.4 Å². The van der Waals surface area contributed by atoms with Crippen molar-refractivity contribution in [2.75, 3.05) is 13.2 Å². The molecule has 1 saturated heterocycles.